The average Bonchev–Trinajstić information content (AvgIpc) is 2.88. The van der Waals surface area contributed by atoms with E-state index in [1.807, 2.05) is 54.6 Å². The molecule has 3 heterocycles. The predicted molar refractivity (Wildman–Crippen MR) is 142 cm³/mol. The fraction of sp³-hybridized carbons (Fsp3) is 0.269. The zero-order chi connectivity index (χ0) is 24.2. The number of likely N-dealkylation sites (tertiary alicyclic amines) is 1. The van der Waals surface area contributed by atoms with Crippen molar-refractivity contribution < 1.29 is 4.74 Å². The van der Waals surface area contributed by atoms with Crippen molar-refractivity contribution in [2.24, 2.45) is 0 Å². The van der Waals surface area contributed by atoms with Crippen LogP contribution in [0, 0.1) is 0 Å². The quantitative estimate of drug-likeness (QED) is 0.310. The molecule has 1 aliphatic heterocycles. The highest BCUT2D eigenvalue weighted by Gasteiger charge is 2.20. The molecule has 0 bridgehead atoms. The molecular formula is C26H27BrN6O2. The number of H-pyrrole nitrogens is 1. The summed E-state index contributed by atoms with van der Waals surface area (Å²) in [5.41, 5.74) is 2.21. The Hall–Kier alpha value is -3.43. The van der Waals surface area contributed by atoms with Crippen molar-refractivity contribution in [1.29, 1.82) is 0 Å². The highest BCUT2D eigenvalue weighted by molar-refractivity contribution is 9.10. The molecule has 0 unspecified atom stereocenters. The molecule has 8 nitrogen and oxygen atoms in total. The molecule has 0 radical (unpaired) electrons. The standard InChI is InChI=1S/C26H27BrN6O2/c1-33-13-11-19(12-14-33)30-26-31-23-21(27)15-28-25(34)22(23)24(32-26)29-18-7-9-20(10-8-18)35-16-17-5-3-2-4-6-17/h2-10,15,19H,11-14,16H2,1H3,(H,28,34)(H2,29,30,31,32). The van der Waals surface area contributed by atoms with Gasteiger partial charge in [-0.05, 0) is 78.7 Å². The van der Waals surface area contributed by atoms with Crippen molar-refractivity contribution in [1.82, 2.24) is 19.9 Å². The first-order valence-corrected chi connectivity index (χ1v) is 12.4. The molecule has 180 valence electrons. The van der Waals surface area contributed by atoms with Crippen LogP contribution < -0.4 is 20.9 Å². The average molecular weight is 535 g/mol. The summed E-state index contributed by atoms with van der Waals surface area (Å²) in [4.78, 5) is 27.1. The second-order valence-corrected chi connectivity index (χ2v) is 9.59. The molecule has 0 saturated carbocycles. The topological polar surface area (TPSA) is 95.2 Å². The second-order valence-electron chi connectivity index (χ2n) is 8.73. The van der Waals surface area contributed by atoms with Crippen LogP contribution in [-0.2, 0) is 6.61 Å². The molecule has 1 fully saturated rings. The fourth-order valence-corrected chi connectivity index (χ4v) is 4.52. The maximum Gasteiger partial charge on any atom is 0.261 e. The van der Waals surface area contributed by atoms with E-state index in [1.165, 1.54) is 0 Å². The summed E-state index contributed by atoms with van der Waals surface area (Å²) in [5.74, 6) is 1.71. The van der Waals surface area contributed by atoms with Crippen molar-refractivity contribution in [3.63, 3.8) is 0 Å². The van der Waals surface area contributed by atoms with Gasteiger partial charge in [0.25, 0.3) is 5.56 Å². The Labute approximate surface area is 211 Å². The Morgan fingerprint density at radius 3 is 2.57 bits per heavy atom. The third-order valence-electron chi connectivity index (χ3n) is 6.11. The molecule has 1 aliphatic rings. The van der Waals surface area contributed by atoms with Gasteiger partial charge >= 0.3 is 0 Å². The van der Waals surface area contributed by atoms with Crippen LogP contribution in [0.2, 0.25) is 0 Å². The minimum absolute atomic E-state index is 0.251. The van der Waals surface area contributed by atoms with Crippen LogP contribution in [0.5, 0.6) is 5.75 Å². The van der Waals surface area contributed by atoms with Gasteiger partial charge in [0.1, 0.15) is 23.6 Å². The number of pyridine rings is 1. The third kappa shape index (κ3) is 5.63. The Morgan fingerprint density at radius 1 is 1.09 bits per heavy atom. The van der Waals surface area contributed by atoms with Gasteiger partial charge in [-0.25, -0.2) is 4.98 Å². The molecule has 5 rings (SSSR count). The van der Waals surface area contributed by atoms with E-state index in [1.54, 1.807) is 6.20 Å². The van der Waals surface area contributed by atoms with Crippen molar-refractivity contribution in [2.75, 3.05) is 30.8 Å². The predicted octanol–water partition coefficient (Wildman–Crippen LogP) is 4.91. The van der Waals surface area contributed by atoms with Crippen LogP contribution in [0.15, 0.2) is 70.1 Å². The number of aromatic amines is 1. The summed E-state index contributed by atoms with van der Waals surface area (Å²) >= 11 is 3.52. The number of benzene rings is 2. The molecule has 0 spiro atoms. The highest BCUT2D eigenvalue weighted by Crippen LogP contribution is 2.28. The van der Waals surface area contributed by atoms with E-state index >= 15 is 0 Å². The maximum atomic E-state index is 12.7. The van der Waals surface area contributed by atoms with Gasteiger partial charge in [0.2, 0.25) is 5.95 Å². The normalized spacial score (nSPS) is 14.7. The number of anilines is 3. The summed E-state index contributed by atoms with van der Waals surface area (Å²) in [6.07, 6.45) is 3.64. The molecule has 3 N–H and O–H groups in total. The Morgan fingerprint density at radius 2 is 1.83 bits per heavy atom. The lowest BCUT2D eigenvalue weighted by atomic mass is 10.1. The van der Waals surface area contributed by atoms with Gasteiger partial charge in [-0.2, -0.15) is 4.98 Å². The first-order chi connectivity index (χ1) is 17.0. The molecular weight excluding hydrogens is 508 g/mol. The zero-order valence-electron chi connectivity index (χ0n) is 19.4. The number of ether oxygens (including phenoxy) is 1. The molecule has 4 aromatic rings. The van der Waals surface area contributed by atoms with Crippen molar-refractivity contribution in [2.45, 2.75) is 25.5 Å². The second kappa shape index (κ2) is 10.5. The molecule has 2 aromatic heterocycles. The lowest BCUT2D eigenvalue weighted by Gasteiger charge is -2.29. The summed E-state index contributed by atoms with van der Waals surface area (Å²) in [6, 6.07) is 17.9. The summed E-state index contributed by atoms with van der Waals surface area (Å²) < 4.78 is 6.59. The number of fused-ring (bicyclic) bond motifs is 1. The van der Waals surface area contributed by atoms with Crippen LogP contribution in [-0.4, -0.2) is 46.0 Å². The molecule has 1 saturated heterocycles. The van der Waals surface area contributed by atoms with E-state index in [2.05, 4.69) is 48.5 Å². The van der Waals surface area contributed by atoms with Crippen LogP contribution in [0.25, 0.3) is 10.9 Å². The summed E-state index contributed by atoms with van der Waals surface area (Å²) in [6.45, 7) is 2.55. The van der Waals surface area contributed by atoms with E-state index in [-0.39, 0.29) is 5.56 Å². The van der Waals surface area contributed by atoms with Crippen molar-refractivity contribution in [3.05, 3.63) is 81.2 Å². The number of hydrogen-bond donors (Lipinski definition) is 3. The van der Waals surface area contributed by atoms with Crippen molar-refractivity contribution >= 4 is 44.3 Å². The highest BCUT2D eigenvalue weighted by atomic mass is 79.9. The number of nitrogens with one attached hydrogen (secondary N) is 3. The first-order valence-electron chi connectivity index (χ1n) is 11.6. The first kappa shape index (κ1) is 23.3. The molecule has 9 heteroatoms. The smallest absolute Gasteiger partial charge is 0.261 e. The Bertz CT molecular complexity index is 1350. The molecule has 0 atom stereocenters. The van der Waals surface area contributed by atoms with E-state index < -0.39 is 0 Å². The molecule has 35 heavy (non-hydrogen) atoms. The lowest BCUT2D eigenvalue weighted by Crippen LogP contribution is -2.37. The molecule has 0 amide bonds. The van der Waals surface area contributed by atoms with E-state index in [0.717, 1.165) is 42.9 Å². The van der Waals surface area contributed by atoms with Gasteiger partial charge in [-0.15, -0.1) is 0 Å². The van der Waals surface area contributed by atoms with Gasteiger partial charge in [0, 0.05) is 17.9 Å². The van der Waals surface area contributed by atoms with E-state index in [9.17, 15) is 4.79 Å². The lowest BCUT2D eigenvalue weighted by molar-refractivity contribution is 0.263. The molecule has 2 aromatic carbocycles. The van der Waals surface area contributed by atoms with Gasteiger partial charge < -0.3 is 25.3 Å². The number of aromatic nitrogens is 3. The van der Waals surface area contributed by atoms with E-state index in [0.29, 0.717) is 39.8 Å². The number of hydrogen-bond acceptors (Lipinski definition) is 7. The number of nitrogens with zero attached hydrogens (tertiary/aromatic N) is 3. The Balaban J connectivity index is 1.38. The Kier molecular flexibility index (Phi) is 6.96. The number of piperidine rings is 1. The van der Waals surface area contributed by atoms with Gasteiger partial charge in [0.05, 0.1) is 9.99 Å². The third-order valence-corrected chi connectivity index (χ3v) is 6.71. The largest absolute Gasteiger partial charge is 0.489 e. The van der Waals surface area contributed by atoms with Gasteiger partial charge in [-0.3, -0.25) is 4.79 Å². The van der Waals surface area contributed by atoms with Crippen LogP contribution in [0.3, 0.4) is 0 Å². The van der Waals surface area contributed by atoms with Crippen molar-refractivity contribution in [3.8, 4) is 5.75 Å². The van der Waals surface area contributed by atoms with Gasteiger partial charge in [0.15, 0.2) is 0 Å². The number of halogens is 1. The zero-order valence-corrected chi connectivity index (χ0v) is 21.0. The number of rotatable bonds is 7. The van der Waals surface area contributed by atoms with Crippen LogP contribution in [0.1, 0.15) is 18.4 Å². The van der Waals surface area contributed by atoms with Gasteiger partial charge in [-0.1, -0.05) is 30.3 Å². The van der Waals surface area contributed by atoms with Crippen LogP contribution >= 0.6 is 15.9 Å². The van der Waals surface area contributed by atoms with Crippen LogP contribution in [0.4, 0.5) is 17.5 Å². The molecule has 0 aliphatic carbocycles. The minimum atomic E-state index is -0.251. The van der Waals surface area contributed by atoms with E-state index in [4.69, 9.17) is 9.72 Å². The summed E-state index contributed by atoms with van der Waals surface area (Å²) in [5, 5.41) is 7.17. The fourth-order valence-electron chi connectivity index (χ4n) is 4.12. The maximum absolute atomic E-state index is 12.7. The summed E-state index contributed by atoms with van der Waals surface area (Å²) in [7, 11) is 2.13. The SMILES string of the molecule is CN1CCC(Nc2nc(Nc3ccc(OCc4ccccc4)cc3)c3c(=O)[nH]cc(Br)c3n2)CC1. The monoisotopic (exact) mass is 534 g/mol. The minimum Gasteiger partial charge on any atom is -0.489 e.